The lowest BCUT2D eigenvalue weighted by Gasteiger charge is -2.27. The minimum Gasteiger partial charge on any atom is -0.448 e. The second kappa shape index (κ2) is 8.27. The number of benzene rings is 1. The van der Waals surface area contributed by atoms with Gasteiger partial charge in [0.05, 0.1) is 23.2 Å². The molecule has 2 atom stereocenters. The molecule has 0 radical (unpaired) electrons. The third-order valence-corrected chi connectivity index (χ3v) is 6.38. The first kappa shape index (κ1) is 20.9. The van der Waals surface area contributed by atoms with Crippen molar-refractivity contribution in [2.75, 3.05) is 16.8 Å². The van der Waals surface area contributed by atoms with Crippen molar-refractivity contribution in [1.82, 2.24) is 5.01 Å². The monoisotopic (exact) mass is 425 g/mol. The van der Waals surface area contributed by atoms with Gasteiger partial charge in [0, 0.05) is 12.8 Å². The van der Waals surface area contributed by atoms with Crippen LogP contribution in [0.2, 0.25) is 0 Å². The number of para-hydroxylation sites is 1. The smallest absolute Gasteiger partial charge is 0.355 e. The molecule has 29 heavy (non-hydrogen) atoms. The average Bonchev–Trinajstić information content (AvgIpc) is 3.03. The Morgan fingerprint density at radius 2 is 2.03 bits per heavy atom. The van der Waals surface area contributed by atoms with E-state index in [0.717, 1.165) is 5.01 Å². The number of carbonyl (C=O) groups excluding carboxylic acids is 3. The zero-order valence-electron chi connectivity index (χ0n) is 15.6. The second-order valence-corrected chi connectivity index (χ2v) is 9.09. The largest absolute Gasteiger partial charge is 0.448 e. The number of amides is 2. The van der Waals surface area contributed by atoms with Crippen LogP contribution in [0.25, 0.3) is 0 Å². The summed E-state index contributed by atoms with van der Waals surface area (Å²) in [6.45, 7) is 1.32. The highest BCUT2D eigenvalue weighted by Crippen LogP contribution is 2.22. The highest BCUT2D eigenvalue weighted by Gasteiger charge is 2.37. The average molecular weight is 425 g/mol. The van der Waals surface area contributed by atoms with Crippen LogP contribution in [0.4, 0.5) is 10.1 Å². The van der Waals surface area contributed by atoms with Gasteiger partial charge in [0.15, 0.2) is 15.9 Å². The molecule has 2 aliphatic heterocycles. The van der Waals surface area contributed by atoms with Gasteiger partial charge >= 0.3 is 5.97 Å². The Hall–Kier alpha value is -2.82. The molecule has 1 fully saturated rings. The normalized spacial score (nSPS) is 22.0. The number of hydrogen-bond acceptors (Lipinski definition) is 7. The molecular formula is C18H20FN3O6S. The molecule has 11 heteroatoms. The lowest BCUT2D eigenvalue weighted by molar-refractivity contribution is -0.147. The summed E-state index contributed by atoms with van der Waals surface area (Å²) in [4.78, 5) is 36.6. The van der Waals surface area contributed by atoms with Crippen LogP contribution < -0.4 is 5.32 Å². The fourth-order valence-corrected chi connectivity index (χ4v) is 4.74. The SMILES string of the molecule is C[C@@H](OC(=O)C1=NN([C@@H]2CCS(=O)(=O)C2)C(=O)CC1)C(=O)Nc1ccccc1F. The van der Waals surface area contributed by atoms with Gasteiger partial charge in [0.1, 0.15) is 11.5 Å². The maximum absolute atomic E-state index is 13.6. The topological polar surface area (TPSA) is 122 Å². The Morgan fingerprint density at radius 3 is 2.69 bits per heavy atom. The first-order valence-electron chi connectivity index (χ1n) is 9.02. The molecular weight excluding hydrogens is 405 g/mol. The Kier molecular flexibility index (Phi) is 5.96. The van der Waals surface area contributed by atoms with E-state index in [0.29, 0.717) is 0 Å². The Balaban J connectivity index is 1.64. The highest BCUT2D eigenvalue weighted by molar-refractivity contribution is 7.91. The van der Waals surface area contributed by atoms with E-state index in [4.69, 9.17) is 4.74 Å². The fourth-order valence-electron chi connectivity index (χ4n) is 3.05. The molecule has 9 nitrogen and oxygen atoms in total. The summed E-state index contributed by atoms with van der Waals surface area (Å²) in [5, 5.41) is 7.35. The van der Waals surface area contributed by atoms with Crippen molar-refractivity contribution in [2.24, 2.45) is 5.10 Å². The van der Waals surface area contributed by atoms with E-state index in [1.54, 1.807) is 6.07 Å². The molecule has 2 heterocycles. The standard InChI is InChI=1S/C18H20FN3O6S/c1-11(17(24)20-14-5-3-2-4-13(14)19)28-18(25)15-6-7-16(23)22(21-15)12-8-9-29(26,27)10-12/h2-5,11-12H,6-10H2,1H3,(H,20,24)/t11-,12-/m1/s1. The number of sulfone groups is 1. The Bertz CT molecular complexity index is 978. The van der Waals surface area contributed by atoms with Crippen molar-refractivity contribution in [2.45, 2.75) is 38.3 Å². The molecule has 0 aliphatic carbocycles. The molecule has 1 N–H and O–H groups in total. The number of nitrogens with one attached hydrogen (secondary N) is 1. The summed E-state index contributed by atoms with van der Waals surface area (Å²) >= 11 is 0. The van der Waals surface area contributed by atoms with Crippen LogP contribution in [0.15, 0.2) is 29.4 Å². The van der Waals surface area contributed by atoms with Crippen molar-refractivity contribution < 1.29 is 31.9 Å². The van der Waals surface area contributed by atoms with Gasteiger partial charge in [-0.2, -0.15) is 5.10 Å². The Labute approximate surface area is 166 Å². The number of anilines is 1. The summed E-state index contributed by atoms with van der Waals surface area (Å²) in [5.74, 6) is -2.85. The molecule has 0 saturated carbocycles. The third kappa shape index (κ3) is 4.97. The third-order valence-electron chi connectivity index (χ3n) is 4.63. The maximum atomic E-state index is 13.6. The van der Waals surface area contributed by atoms with Gasteiger partial charge in [-0.15, -0.1) is 0 Å². The molecule has 0 unspecified atom stereocenters. The van der Waals surface area contributed by atoms with Crippen LogP contribution >= 0.6 is 0 Å². The summed E-state index contributed by atoms with van der Waals surface area (Å²) < 4.78 is 42.0. The summed E-state index contributed by atoms with van der Waals surface area (Å²) in [7, 11) is -3.23. The van der Waals surface area contributed by atoms with Crippen LogP contribution in [0.5, 0.6) is 0 Å². The number of carbonyl (C=O) groups is 3. The van der Waals surface area contributed by atoms with Gasteiger partial charge in [-0.25, -0.2) is 22.6 Å². The number of rotatable bonds is 5. The van der Waals surface area contributed by atoms with E-state index < -0.39 is 39.7 Å². The minimum absolute atomic E-state index is 0.0136. The van der Waals surface area contributed by atoms with Gasteiger partial charge in [-0.05, 0) is 25.5 Å². The van der Waals surface area contributed by atoms with E-state index in [1.165, 1.54) is 25.1 Å². The van der Waals surface area contributed by atoms with E-state index in [-0.39, 0.29) is 48.1 Å². The highest BCUT2D eigenvalue weighted by atomic mass is 32.2. The number of nitrogens with zero attached hydrogens (tertiary/aromatic N) is 2. The van der Waals surface area contributed by atoms with E-state index >= 15 is 0 Å². The number of hydrazone groups is 1. The van der Waals surface area contributed by atoms with Crippen LogP contribution in [0.3, 0.4) is 0 Å². The lowest BCUT2D eigenvalue weighted by atomic mass is 10.1. The predicted molar refractivity (Wildman–Crippen MR) is 101 cm³/mol. The quantitative estimate of drug-likeness (QED) is 0.699. The van der Waals surface area contributed by atoms with Crippen LogP contribution in [0.1, 0.15) is 26.2 Å². The lowest BCUT2D eigenvalue weighted by Crippen LogP contribution is -2.42. The first-order chi connectivity index (χ1) is 13.7. The predicted octanol–water partition coefficient (Wildman–Crippen LogP) is 0.861. The van der Waals surface area contributed by atoms with Gasteiger partial charge in [0.25, 0.3) is 5.91 Å². The first-order valence-corrected chi connectivity index (χ1v) is 10.8. The van der Waals surface area contributed by atoms with E-state index in [2.05, 4.69) is 10.4 Å². The van der Waals surface area contributed by atoms with Crippen LogP contribution in [-0.4, -0.2) is 60.6 Å². The summed E-state index contributed by atoms with van der Waals surface area (Å²) in [5.41, 5.74) is -0.117. The van der Waals surface area contributed by atoms with Crippen molar-refractivity contribution in [3.8, 4) is 0 Å². The minimum atomic E-state index is -3.23. The number of ether oxygens (including phenoxy) is 1. The number of hydrogen-bond donors (Lipinski definition) is 1. The maximum Gasteiger partial charge on any atom is 0.355 e. The van der Waals surface area contributed by atoms with Crippen molar-refractivity contribution in [1.29, 1.82) is 0 Å². The molecule has 3 rings (SSSR count). The van der Waals surface area contributed by atoms with Crippen LogP contribution in [-0.2, 0) is 29.0 Å². The fraction of sp³-hybridized carbons (Fsp3) is 0.444. The van der Waals surface area contributed by atoms with Crippen molar-refractivity contribution >= 4 is 39.0 Å². The molecule has 1 aromatic carbocycles. The molecule has 0 spiro atoms. The Morgan fingerprint density at radius 1 is 1.31 bits per heavy atom. The molecule has 1 aromatic rings. The molecule has 156 valence electrons. The van der Waals surface area contributed by atoms with Gasteiger partial charge in [0.2, 0.25) is 5.91 Å². The van der Waals surface area contributed by atoms with Crippen LogP contribution in [0, 0.1) is 5.82 Å². The zero-order chi connectivity index (χ0) is 21.2. The number of esters is 1. The van der Waals surface area contributed by atoms with Gasteiger partial charge in [-0.3, -0.25) is 9.59 Å². The summed E-state index contributed by atoms with van der Waals surface area (Å²) in [6.07, 6.45) is -0.973. The van der Waals surface area contributed by atoms with Crippen molar-refractivity contribution in [3.63, 3.8) is 0 Å². The zero-order valence-corrected chi connectivity index (χ0v) is 16.4. The van der Waals surface area contributed by atoms with E-state index in [9.17, 15) is 27.2 Å². The van der Waals surface area contributed by atoms with Crippen molar-refractivity contribution in [3.05, 3.63) is 30.1 Å². The van der Waals surface area contributed by atoms with E-state index in [1.807, 2.05) is 0 Å². The molecule has 0 bridgehead atoms. The molecule has 2 amide bonds. The molecule has 2 aliphatic rings. The van der Waals surface area contributed by atoms with Gasteiger partial charge in [-0.1, -0.05) is 12.1 Å². The summed E-state index contributed by atoms with van der Waals surface area (Å²) in [6, 6.07) is 4.95. The van der Waals surface area contributed by atoms with Gasteiger partial charge < -0.3 is 10.1 Å². The number of halogens is 1. The molecule has 0 aromatic heterocycles. The molecule has 1 saturated heterocycles. The second-order valence-electron chi connectivity index (χ2n) is 6.86.